The molecule has 1 nitrogen and oxygen atoms in total. The van der Waals surface area contributed by atoms with Crippen molar-refractivity contribution in [2.45, 2.75) is 0 Å². The minimum absolute atomic E-state index is 0. The topological polar surface area (TPSA) is 17.1 Å². The molecule has 0 heterocycles. The minimum atomic E-state index is 0. The van der Waals surface area contributed by atoms with E-state index < -0.39 is 0 Å². The van der Waals surface area contributed by atoms with Crippen molar-refractivity contribution in [3.8, 4) is 0 Å². The van der Waals surface area contributed by atoms with E-state index in [1.807, 2.05) is 0 Å². The maximum atomic E-state index is 8.87. The van der Waals surface area contributed by atoms with Gasteiger partial charge in [0.1, 0.15) is 0 Å². The molecular formula is H3BOSiZn. The molecule has 0 saturated carbocycles. The summed E-state index contributed by atoms with van der Waals surface area (Å²) in [7, 11) is 0.688. The quantitative estimate of drug-likeness (QED) is 0.352. The number of hydrogen-bond donors (Lipinski definition) is 0. The van der Waals surface area contributed by atoms with Crippen molar-refractivity contribution in [1.29, 1.82) is 0 Å². The summed E-state index contributed by atoms with van der Waals surface area (Å²) in [6, 6.07) is 0. The van der Waals surface area contributed by atoms with E-state index in [0.717, 1.165) is 6.74 Å². The van der Waals surface area contributed by atoms with Crippen LogP contribution in [0.15, 0.2) is 0 Å². The molecule has 0 aliphatic carbocycles. The Morgan fingerprint density at radius 1 is 1.75 bits per heavy atom. The van der Waals surface area contributed by atoms with Gasteiger partial charge in [-0.3, -0.25) is 0 Å². The molecule has 0 fully saturated rings. The van der Waals surface area contributed by atoms with E-state index in [4.69, 9.17) is 4.70 Å². The molecule has 18 valence electrons. The first kappa shape index (κ1) is 8.83. The molecule has 0 aliphatic rings. The summed E-state index contributed by atoms with van der Waals surface area (Å²) in [5.41, 5.74) is 0. The maximum absolute atomic E-state index is 8.87. The predicted molar refractivity (Wildman–Crippen MR) is 16.4 cm³/mol. The van der Waals surface area contributed by atoms with Crippen molar-refractivity contribution in [1.82, 2.24) is 0 Å². The van der Waals surface area contributed by atoms with E-state index in [2.05, 4.69) is 0 Å². The molecule has 0 aromatic rings. The second-order valence-electron chi connectivity index (χ2n) is 0.236. The van der Waals surface area contributed by atoms with Crippen LogP contribution in [0.5, 0.6) is 0 Å². The molecule has 0 saturated heterocycles. The van der Waals surface area contributed by atoms with Crippen molar-refractivity contribution < 1.29 is 24.2 Å². The molecular weight excluding hydrogens is 120 g/mol. The van der Waals surface area contributed by atoms with Crippen molar-refractivity contribution in [3.63, 3.8) is 0 Å². The average Bonchev–Trinajstić information content (AvgIpc) is 0.918. The fourth-order valence-corrected chi connectivity index (χ4v) is 0. The average molecular weight is 123 g/mol. The molecule has 4 heteroatoms. The number of rotatable bonds is 0. The second kappa shape index (κ2) is 9.33. The summed E-state index contributed by atoms with van der Waals surface area (Å²) in [4.78, 5) is 0. The van der Waals surface area contributed by atoms with Gasteiger partial charge in [-0.05, 0) is 0 Å². The normalized spacial score (nSPS) is 3.00. The molecule has 0 unspecified atom stereocenters. The van der Waals surface area contributed by atoms with Gasteiger partial charge in [0.15, 0.2) is 0 Å². The molecule has 0 amide bonds. The van der Waals surface area contributed by atoms with Crippen LogP contribution < -0.4 is 0 Å². The van der Waals surface area contributed by atoms with Crippen LogP contribution in [-0.4, -0.2) is 16.9 Å². The summed E-state index contributed by atoms with van der Waals surface area (Å²) in [6.45, 7) is 0.889. The van der Waals surface area contributed by atoms with Crippen LogP contribution in [-0.2, 0) is 24.2 Å². The molecule has 0 aliphatic heterocycles. The Balaban J connectivity index is 0. The smallest absolute Gasteiger partial charge is 0 e. The van der Waals surface area contributed by atoms with Crippen LogP contribution in [0.4, 0.5) is 0 Å². The van der Waals surface area contributed by atoms with Gasteiger partial charge < -0.3 is 0 Å². The first-order valence-corrected chi connectivity index (χ1v) is 1.97. The monoisotopic (exact) mass is 122 g/mol. The van der Waals surface area contributed by atoms with Gasteiger partial charge in [0.25, 0.3) is 0 Å². The van der Waals surface area contributed by atoms with Gasteiger partial charge in [-0.1, -0.05) is 0 Å². The third-order valence-electron chi connectivity index (χ3n) is 0. The molecule has 0 spiro atoms. The van der Waals surface area contributed by atoms with Crippen LogP contribution in [0.25, 0.3) is 0 Å². The molecule has 0 radical (unpaired) electrons. The van der Waals surface area contributed by atoms with E-state index in [1.165, 1.54) is 0 Å². The van der Waals surface area contributed by atoms with E-state index in [9.17, 15) is 0 Å². The van der Waals surface area contributed by atoms with Gasteiger partial charge in [-0.25, -0.2) is 0 Å². The first-order valence-electron chi connectivity index (χ1n) is 0.813. The first-order chi connectivity index (χ1) is 1.41. The van der Waals surface area contributed by atoms with Gasteiger partial charge in [0.2, 0.25) is 0 Å². The van der Waals surface area contributed by atoms with Gasteiger partial charge >= 0.3 is 21.6 Å². The molecule has 0 aromatic heterocycles. The van der Waals surface area contributed by atoms with Crippen LogP contribution in [0.2, 0.25) is 0 Å². The molecule has 0 aromatic carbocycles. The fraction of sp³-hybridized carbons (Fsp3) is 0. The predicted octanol–water partition coefficient (Wildman–Crippen LogP) is -1.69. The Bertz CT molecular complexity index is 15.5. The van der Waals surface area contributed by atoms with E-state index in [1.54, 1.807) is 0 Å². The van der Waals surface area contributed by atoms with E-state index >= 15 is 0 Å². The SMILES string of the molecule is O=B[SiH3].[Zn]. The zero-order valence-electron chi connectivity index (χ0n) is 2.69. The Hall–Kier alpha value is 0.705. The van der Waals surface area contributed by atoms with Gasteiger partial charge in [0, 0.05) is 19.5 Å². The summed E-state index contributed by atoms with van der Waals surface area (Å²) in [5.74, 6) is 0. The van der Waals surface area contributed by atoms with Crippen molar-refractivity contribution in [2.75, 3.05) is 0 Å². The minimum Gasteiger partial charge on any atom is 0 e. The van der Waals surface area contributed by atoms with Crippen LogP contribution in [0.1, 0.15) is 0 Å². The largest absolute Gasteiger partial charge is 0 e. The molecule has 4 heavy (non-hydrogen) atoms. The van der Waals surface area contributed by atoms with Crippen LogP contribution in [0.3, 0.4) is 0 Å². The zero-order valence-corrected chi connectivity index (χ0v) is 7.66. The van der Waals surface area contributed by atoms with E-state index in [-0.39, 0.29) is 19.5 Å². The van der Waals surface area contributed by atoms with Gasteiger partial charge in [-0.2, -0.15) is 0 Å². The molecule has 0 atom stereocenters. The summed E-state index contributed by atoms with van der Waals surface area (Å²) in [6.07, 6.45) is 0. The zero-order chi connectivity index (χ0) is 2.71. The van der Waals surface area contributed by atoms with Gasteiger partial charge in [-0.15, -0.1) is 0 Å². The molecule has 0 rings (SSSR count). The third kappa shape index (κ3) is 15.8. The molecule has 0 N–H and O–H groups in total. The van der Waals surface area contributed by atoms with Crippen molar-refractivity contribution in [3.05, 3.63) is 0 Å². The standard InChI is InChI=1S/BH3OSi.Zn/c2-1-3;/h3H3;. The summed E-state index contributed by atoms with van der Waals surface area (Å²) >= 11 is 0. The Kier molecular flexibility index (Phi) is 20.6. The van der Waals surface area contributed by atoms with Crippen LogP contribution in [0, 0.1) is 0 Å². The van der Waals surface area contributed by atoms with Crippen molar-refractivity contribution >= 4 is 16.9 Å². The maximum Gasteiger partial charge on any atom is 0 e. The van der Waals surface area contributed by atoms with Gasteiger partial charge in [0.05, 0.1) is 0 Å². The Morgan fingerprint density at radius 2 is 1.75 bits per heavy atom. The second-order valence-corrected chi connectivity index (χ2v) is 0.707. The molecule has 0 bridgehead atoms. The third-order valence-corrected chi connectivity index (χ3v) is 0. The summed E-state index contributed by atoms with van der Waals surface area (Å²) < 4.78 is 8.87. The van der Waals surface area contributed by atoms with Crippen LogP contribution >= 0.6 is 0 Å². The summed E-state index contributed by atoms with van der Waals surface area (Å²) in [5, 5.41) is 0. The fourth-order valence-electron chi connectivity index (χ4n) is 0. The van der Waals surface area contributed by atoms with Crippen molar-refractivity contribution in [2.24, 2.45) is 0 Å². The Labute approximate surface area is 41.5 Å². The van der Waals surface area contributed by atoms with E-state index in [0.29, 0.717) is 10.1 Å². The number of hydrogen-bond acceptors (Lipinski definition) is 1. The Morgan fingerprint density at radius 3 is 1.75 bits per heavy atom.